The highest BCUT2D eigenvalue weighted by Crippen LogP contribution is 2.30. The van der Waals surface area contributed by atoms with E-state index < -0.39 is 0 Å². The summed E-state index contributed by atoms with van der Waals surface area (Å²) < 4.78 is 0. The first-order valence-corrected chi connectivity index (χ1v) is 7.96. The minimum Gasteiger partial charge on any atom is -0.399 e. The first-order chi connectivity index (χ1) is 11.7. The Bertz CT molecular complexity index is 1020. The molecule has 0 spiro atoms. The van der Waals surface area contributed by atoms with Crippen molar-refractivity contribution in [3.63, 3.8) is 0 Å². The third-order valence-electron chi connectivity index (χ3n) is 4.35. The van der Waals surface area contributed by atoms with Crippen molar-refractivity contribution in [2.75, 3.05) is 11.5 Å². The van der Waals surface area contributed by atoms with Crippen LogP contribution < -0.4 is 11.5 Å². The average Bonchev–Trinajstić information content (AvgIpc) is 2.60. The van der Waals surface area contributed by atoms with Gasteiger partial charge in [0.05, 0.1) is 0 Å². The second-order valence-corrected chi connectivity index (χ2v) is 5.95. The van der Waals surface area contributed by atoms with Crippen LogP contribution in [-0.4, -0.2) is 0 Å². The predicted molar refractivity (Wildman–Crippen MR) is 106 cm³/mol. The van der Waals surface area contributed by atoms with Crippen molar-refractivity contribution >= 4 is 45.1 Å². The summed E-state index contributed by atoms with van der Waals surface area (Å²) in [5, 5.41) is 4.95. The van der Waals surface area contributed by atoms with E-state index >= 15 is 0 Å². The Hall–Kier alpha value is -3.26. The van der Waals surface area contributed by atoms with Gasteiger partial charge in [-0.15, -0.1) is 0 Å². The molecular weight excluding hydrogens is 292 g/mol. The molecule has 4 aromatic carbocycles. The number of anilines is 2. The largest absolute Gasteiger partial charge is 0.399 e. The predicted octanol–water partition coefficient (Wildman–Crippen LogP) is 5.33. The minimum atomic E-state index is 0.681. The molecule has 0 radical (unpaired) electrons. The molecule has 4 rings (SSSR count). The van der Waals surface area contributed by atoms with E-state index in [1.807, 2.05) is 12.1 Å². The fraction of sp³-hybridized carbons (Fsp3) is 0. The number of benzene rings is 4. The molecule has 4 aromatic rings. The Morgan fingerprint density at radius 1 is 0.625 bits per heavy atom. The molecule has 0 aliphatic carbocycles. The fourth-order valence-electron chi connectivity index (χ4n) is 3.15. The smallest absolute Gasteiger partial charge is 0.0408 e. The monoisotopic (exact) mass is 310 g/mol. The zero-order valence-corrected chi connectivity index (χ0v) is 13.2. The van der Waals surface area contributed by atoms with E-state index in [9.17, 15) is 0 Å². The zero-order chi connectivity index (χ0) is 16.5. The van der Waals surface area contributed by atoms with Crippen LogP contribution in [-0.2, 0) is 0 Å². The van der Waals surface area contributed by atoms with Crippen LogP contribution in [0.15, 0.2) is 72.8 Å². The van der Waals surface area contributed by atoms with Gasteiger partial charge < -0.3 is 11.5 Å². The molecule has 2 nitrogen and oxygen atoms in total. The molecule has 0 amide bonds. The maximum absolute atomic E-state index is 6.08. The standard InChI is InChI=1S/C22H18N2/c23-18-11-9-15(22(24)14-18)10-12-21-19-7-3-1-5-16(19)13-17-6-2-4-8-20(17)21/h1-14H,23-24H2/b12-10+. The third-order valence-corrected chi connectivity index (χ3v) is 4.35. The van der Waals surface area contributed by atoms with Crippen molar-refractivity contribution in [3.8, 4) is 0 Å². The molecule has 4 N–H and O–H groups in total. The lowest BCUT2D eigenvalue weighted by Gasteiger charge is -2.09. The van der Waals surface area contributed by atoms with Crippen LogP contribution in [0.2, 0.25) is 0 Å². The van der Waals surface area contributed by atoms with Gasteiger partial charge in [-0.2, -0.15) is 0 Å². The minimum absolute atomic E-state index is 0.681. The molecule has 0 heterocycles. The fourth-order valence-corrected chi connectivity index (χ4v) is 3.15. The van der Waals surface area contributed by atoms with E-state index in [0.717, 1.165) is 5.56 Å². The van der Waals surface area contributed by atoms with Crippen molar-refractivity contribution in [3.05, 3.63) is 83.9 Å². The lowest BCUT2D eigenvalue weighted by Crippen LogP contribution is -1.92. The van der Waals surface area contributed by atoms with Crippen molar-refractivity contribution in [1.82, 2.24) is 0 Å². The number of fused-ring (bicyclic) bond motifs is 2. The highest BCUT2D eigenvalue weighted by Gasteiger charge is 2.05. The molecule has 0 unspecified atom stereocenters. The first kappa shape index (κ1) is 14.3. The molecule has 0 fully saturated rings. The van der Waals surface area contributed by atoms with E-state index in [4.69, 9.17) is 11.5 Å². The van der Waals surface area contributed by atoms with Crippen molar-refractivity contribution in [1.29, 1.82) is 0 Å². The highest BCUT2D eigenvalue weighted by molar-refractivity contribution is 6.08. The second-order valence-electron chi connectivity index (χ2n) is 5.95. The summed E-state index contributed by atoms with van der Waals surface area (Å²) in [6, 6.07) is 24.8. The van der Waals surface area contributed by atoms with Crippen LogP contribution >= 0.6 is 0 Å². The van der Waals surface area contributed by atoms with Crippen molar-refractivity contribution < 1.29 is 0 Å². The number of nitrogens with two attached hydrogens (primary N) is 2. The van der Waals surface area contributed by atoms with Gasteiger partial charge in [-0.3, -0.25) is 0 Å². The topological polar surface area (TPSA) is 52.0 Å². The Morgan fingerprint density at radius 2 is 1.25 bits per heavy atom. The van der Waals surface area contributed by atoms with E-state index in [-0.39, 0.29) is 0 Å². The van der Waals surface area contributed by atoms with Gasteiger partial charge in [0.1, 0.15) is 0 Å². The number of hydrogen-bond donors (Lipinski definition) is 2. The van der Waals surface area contributed by atoms with Crippen LogP contribution in [0.3, 0.4) is 0 Å². The lowest BCUT2D eigenvalue weighted by atomic mass is 9.96. The van der Waals surface area contributed by atoms with Crippen LogP contribution in [0, 0.1) is 0 Å². The van der Waals surface area contributed by atoms with Crippen LogP contribution in [0.4, 0.5) is 11.4 Å². The molecule has 0 saturated heterocycles. The van der Waals surface area contributed by atoms with Crippen LogP contribution in [0.25, 0.3) is 33.7 Å². The molecule has 0 aliphatic rings. The number of rotatable bonds is 2. The SMILES string of the molecule is Nc1ccc(/C=C/c2c3ccccc3cc3ccccc23)c(N)c1. The summed E-state index contributed by atoms with van der Waals surface area (Å²) in [7, 11) is 0. The molecule has 0 atom stereocenters. The van der Waals surface area contributed by atoms with E-state index in [0.29, 0.717) is 11.4 Å². The normalized spacial score (nSPS) is 11.5. The Morgan fingerprint density at radius 3 is 1.88 bits per heavy atom. The Kier molecular flexibility index (Phi) is 3.43. The van der Waals surface area contributed by atoms with Gasteiger partial charge in [0.2, 0.25) is 0 Å². The summed E-state index contributed by atoms with van der Waals surface area (Å²) in [4.78, 5) is 0. The zero-order valence-electron chi connectivity index (χ0n) is 13.2. The maximum atomic E-state index is 6.08. The molecule has 2 heteroatoms. The molecule has 0 aliphatic heterocycles. The maximum Gasteiger partial charge on any atom is 0.0408 e. The molecule has 0 aromatic heterocycles. The van der Waals surface area contributed by atoms with E-state index in [1.54, 1.807) is 6.07 Å². The van der Waals surface area contributed by atoms with Gasteiger partial charge >= 0.3 is 0 Å². The summed E-state index contributed by atoms with van der Waals surface area (Å²) >= 11 is 0. The third kappa shape index (κ3) is 2.48. The second kappa shape index (κ2) is 5.74. The Labute approximate surface area is 141 Å². The Balaban J connectivity index is 1.95. The summed E-state index contributed by atoms with van der Waals surface area (Å²) in [6.07, 6.45) is 4.20. The van der Waals surface area contributed by atoms with Gasteiger partial charge in [0.25, 0.3) is 0 Å². The van der Waals surface area contributed by atoms with E-state index in [2.05, 4.69) is 66.7 Å². The summed E-state index contributed by atoms with van der Waals surface area (Å²) in [5.41, 5.74) is 15.4. The van der Waals surface area contributed by atoms with Gasteiger partial charge in [0.15, 0.2) is 0 Å². The van der Waals surface area contributed by atoms with Gasteiger partial charge in [-0.25, -0.2) is 0 Å². The molecule has 24 heavy (non-hydrogen) atoms. The van der Waals surface area contributed by atoms with Gasteiger partial charge in [0, 0.05) is 11.4 Å². The molecular formula is C22H18N2. The van der Waals surface area contributed by atoms with Crippen molar-refractivity contribution in [2.24, 2.45) is 0 Å². The average molecular weight is 310 g/mol. The highest BCUT2D eigenvalue weighted by atomic mass is 14.6. The number of hydrogen-bond acceptors (Lipinski definition) is 2. The molecule has 0 saturated carbocycles. The first-order valence-electron chi connectivity index (χ1n) is 7.96. The lowest BCUT2D eigenvalue weighted by molar-refractivity contribution is 1.63. The van der Waals surface area contributed by atoms with Gasteiger partial charge in [-0.1, -0.05) is 66.7 Å². The van der Waals surface area contributed by atoms with E-state index in [1.165, 1.54) is 27.1 Å². The quantitative estimate of drug-likeness (QED) is 0.299. The summed E-state index contributed by atoms with van der Waals surface area (Å²) in [6.45, 7) is 0. The molecule has 116 valence electrons. The molecule has 0 bridgehead atoms. The van der Waals surface area contributed by atoms with Crippen LogP contribution in [0.5, 0.6) is 0 Å². The van der Waals surface area contributed by atoms with Crippen LogP contribution in [0.1, 0.15) is 11.1 Å². The van der Waals surface area contributed by atoms with Crippen molar-refractivity contribution in [2.45, 2.75) is 0 Å². The summed E-state index contributed by atoms with van der Waals surface area (Å²) in [5.74, 6) is 0. The number of nitrogen functional groups attached to an aromatic ring is 2. The van der Waals surface area contributed by atoms with Gasteiger partial charge in [-0.05, 0) is 50.9 Å².